The average Bonchev–Trinajstić information content (AvgIpc) is 2.56. The normalized spacial score (nSPS) is 52.9. The lowest BCUT2D eigenvalue weighted by molar-refractivity contribution is -0.115. The molecule has 3 N–H and O–H groups in total. The molecule has 2 bridgehead atoms. The van der Waals surface area contributed by atoms with Crippen LogP contribution in [0.15, 0.2) is 0 Å². The summed E-state index contributed by atoms with van der Waals surface area (Å²) < 4.78 is 5.73. The highest BCUT2D eigenvalue weighted by atomic mass is 16.5. The monoisotopic (exact) mass is 240 g/mol. The molecular formula is C13H24N2O2. The van der Waals surface area contributed by atoms with E-state index in [1.54, 1.807) is 0 Å². The van der Waals surface area contributed by atoms with Crippen LogP contribution in [0.5, 0.6) is 0 Å². The van der Waals surface area contributed by atoms with Gasteiger partial charge in [-0.3, -0.25) is 0 Å². The van der Waals surface area contributed by atoms with E-state index >= 15 is 0 Å². The number of rotatable bonds is 1. The lowest BCUT2D eigenvalue weighted by atomic mass is 9.63. The summed E-state index contributed by atoms with van der Waals surface area (Å²) in [5, 5.41) is 11.0. The van der Waals surface area contributed by atoms with Crippen LogP contribution in [-0.2, 0) is 4.74 Å². The minimum absolute atomic E-state index is 0.243. The third-order valence-electron chi connectivity index (χ3n) is 5.09. The molecule has 0 amide bonds. The second-order valence-corrected chi connectivity index (χ2v) is 6.85. The highest BCUT2D eigenvalue weighted by Crippen LogP contribution is 2.47. The predicted molar refractivity (Wildman–Crippen MR) is 65.7 cm³/mol. The number of nitrogens with zero attached hydrogens (tertiary/aromatic N) is 1. The molecule has 0 aromatic rings. The topological polar surface area (TPSA) is 58.7 Å². The molecule has 4 saturated heterocycles. The summed E-state index contributed by atoms with van der Waals surface area (Å²) in [7, 11) is 0. The maximum Gasteiger partial charge on any atom is 0.110 e. The highest BCUT2D eigenvalue weighted by molar-refractivity contribution is 5.16. The van der Waals surface area contributed by atoms with Gasteiger partial charge in [-0.1, -0.05) is 0 Å². The van der Waals surface area contributed by atoms with E-state index in [2.05, 4.69) is 4.90 Å². The Morgan fingerprint density at radius 1 is 1.29 bits per heavy atom. The van der Waals surface area contributed by atoms with Gasteiger partial charge < -0.3 is 20.5 Å². The van der Waals surface area contributed by atoms with Crippen molar-refractivity contribution in [2.45, 2.75) is 49.9 Å². The van der Waals surface area contributed by atoms with E-state index in [1.807, 2.05) is 13.8 Å². The molecule has 4 heterocycles. The van der Waals surface area contributed by atoms with E-state index in [1.165, 1.54) is 0 Å². The van der Waals surface area contributed by atoms with Gasteiger partial charge in [0.1, 0.15) is 5.60 Å². The summed E-state index contributed by atoms with van der Waals surface area (Å²) in [6.07, 6.45) is 2.90. The van der Waals surface area contributed by atoms with E-state index in [0.29, 0.717) is 18.9 Å². The average molecular weight is 240 g/mol. The molecule has 4 nitrogen and oxygen atoms in total. The van der Waals surface area contributed by atoms with Crippen LogP contribution in [0.2, 0.25) is 0 Å². The molecule has 0 spiro atoms. The second-order valence-electron chi connectivity index (χ2n) is 6.85. The van der Waals surface area contributed by atoms with Crippen LogP contribution >= 0.6 is 0 Å². The third-order valence-corrected chi connectivity index (χ3v) is 5.09. The number of fused-ring (bicyclic) bond motifs is 3. The van der Waals surface area contributed by atoms with Gasteiger partial charge in [-0.05, 0) is 45.7 Å². The smallest absolute Gasteiger partial charge is 0.110 e. The van der Waals surface area contributed by atoms with Crippen molar-refractivity contribution in [3.05, 3.63) is 0 Å². The Bertz CT molecular complexity index is 325. The van der Waals surface area contributed by atoms with E-state index in [-0.39, 0.29) is 5.60 Å². The van der Waals surface area contributed by atoms with Crippen LogP contribution in [0, 0.1) is 5.92 Å². The maximum absolute atomic E-state index is 11.0. The summed E-state index contributed by atoms with van der Waals surface area (Å²) in [6.45, 7) is 7.58. The molecule has 98 valence electrons. The van der Waals surface area contributed by atoms with Gasteiger partial charge in [0.2, 0.25) is 0 Å². The molecule has 2 atom stereocenters. The van der Waals surface area contributed by atoms with E-state index in [0.717, 1.165) is 32.5 Å². The summed E-state index contributed by atoms with van der Waals surface area (Å²) in [6, 6.07) is 0. The molecular weight excluding hydrogens is 216 g/mol. The van der Waals surface area contributed by atoms with Gasteiger partial charge in [0.15, 0.2) is 0 Å². The molecule has 4 heteroatoms. The summed E-state index contributed by atoms with van der Waals surface area (Å²) >= 11 is 0. The summed E-state index contributed by atoms with van der Waals surface area (Å²) in [5.41, 5.74) is 5.07. The molecule has 4 aliphatic heterocycles. The van der Waals surface area contributed by atoms with Gasteiger partial charge in [-0.25, -0.2) is 0 Å². The van der Waals surface area contributed by atoms with Crippen molar-refractivity contribution in [2.24, 2.45) is 11.7 Å². The Kier molecular flexibility index (Phi) is 2.41. The fourth-order valence-electron chi connectivity index (χ4n) is 4.05. The molecule has 4 rings (SSSR count). The lowest BCUT2D eigenvalue weighted by Crippen LogP contribution is -2.75. The zero-order chi connectivity index (χ0) is 12.3. The van der Waals surface area contributed by atoms with Crippen molar-refractivity contribution >= 4 is 0 Å². The largest absolute Gasteiger partial charge is 0.385 e. The van der Waals surface area contributed by atoms with E-state index in [4.69, 9.17) is 10.5 Å². The van der Waals surface area contributed by atoms with Crippen molar-refractivity contribution in [1.82, 2.24) is 4.90 Å². The Morgan fingerprint density at radius 2 is 1.94 bits per heavy atom. The highest BCUT2D eigenvalue weighted by Gasteiger charge is 2.60. The maximum atomic E-state index is 11.0. The van der Waals surface area contributed by atoms with E-state index in [9.17, 15) is 5.11 Å². The van der Waals surface area contributed by atoms with Crippen LogP contribution in [0.3, 0.4) is 0 Å². The van der Waals surface area contributed by atoms with Gasteiger partial charge in [-0.2, -0.15) is 0 Å². The number of ether oxygens (including phenoxy) is 1. The molecule has 0 saturated carbocycles. The number of piperidine rings is 3. The molecule has 17 heavy (non-hydrogen) atoms. The molecule has 0 radical (unpaired) electrons. The first-order chi connectivity index (χ1) is 7.85. The fourth-order valence-corrected chi connectivity index (χ4v) is 4.05. The predicted octanol–water partition coefficient (Wildman–Crippen LogP) is 0.340. The molecule has 4 aliphatic rings. The summed E-state index contributed by atoms with van der Waals surface area (Å²) in [5.74, 6) is 0.454. The first kappa shape index (κ1) is 11.9. The SMILES string of the molecule is CC1(C)CC(O)(C2(N)CN3CCC2CC3)CO1. The minimum Gasteiger partial charge on any atom is -0.385 e. The van der Waals surface area contributed by atoms with Gasteiger partial charge in [-0.15, -0.1) is 0 Å². The fraction of sp³-hybridized carbons (Fsp3) is 1.00. The second kappa shape index (κ2) is 3.44. The van der Waals surface area contributed by atoms with Crippen molar-refractivity contribution in [3.8, 4) is 0 Å². The number of hydrogen-bond donors (Lipinski definition) is 2. The lowest BCUT2D eigenvalue weighted by Gasteiger charge is -2.56. The zero-order valence-corrected chi connectivity index (χ0v) is 10.9. The minimum atomic E-state index is -0.847. The van der Waals surface area contributed by atoms with Crippen molar-refractivity contribution in [1.29, 1.82) is 0 Å². The molecule has 0 aliphatic carbocycles. The third kappa shape index (κ3) is 1.65. The summed E-state index contributed by atoms with van der Waals surface area (Å²) in [4.78, 5) is 2.39. The number of aliphatic hydroxyl groups is 1. The van der Waals surface area contributed by atoms with Gasteiger partial charge in [0.05, 0.1) is 17.7 Å². The van der Waals surface area contributed by atoms with Crippen LogP contribution in [0.4, 0.5) is 0 Å². The van der Waals surface area contributed by atoms with Crippen molar-refractivity contribution in [2.75, 3.05) is 26.2 Å². The quantitative estimate of drug-likeness (QED) is 0.694. The van der Waals surface area contributed by atoms with Crippen LogP contribution < -0.4 is 5.73 Å². The first-order valence-corrected chi connectivity index (χ1v) is 6.72. The van der Waals surface area contributed by atoms with Crippen LogP contribution in [0.25, 0.3) is 0 Å². The Balaban J connectivity index is 1.88. The standard InChI is InChI=1S/C13H24N2O2/c1-11(2)7-12(16,9-17-11)13(14)8-15-5-3-10(13)4-6-15/h10,16H,3-9,14H2,1-2H3. The van der Waals surface area contributed by atoms with Crippen molar-refractivity contribution < 1.29 is 9.84 Å². The van der Waals surface area contributed by atoms with E-state index < -0.39 is 11.1 Å². The molecule has 0 aromatic carbocycles. The van der Waals surface area contributed by atoms with Gasteiger partial charge in [0, 0.05) is 13.0 Å². The molecule has 0 aromatic heterocycles. The number of hydrogen-bond acceptors (Lipinski definition) is 4. The first-order valence-electron chi connectivity index (χ1n) is 6.72. The van der Waals surface area contributed by atoms with Gasteiger partial charge >= 0.3 is 0 Å². The van der Waals surface area contributed by atoms with Crippen LogP contribution in [-0.4, -0.2) is 53.0 Å². The zero-order valence-electron chi connectivity index (χ0n) is 10.9. The van der Waals surface area contributed by atoms with Gasteiger partial charge in [0.25, 0.3) is 0 Å². The van der Waals surface area contributed by atoms with Crippen molar-refractivity contribution in [3.63, 3.8) is 0 Å². The number of nitrogens with two attached hydrogens (primary N) is 1. The molecule has 4 fully saturated rings. The Morgan fingerprint density at radius 3 is 2.35 bits per heavy atom. The molecule has 2 unspecified atom stereocenters. The Labute approximate surface area is 103 Å². The Hall–Kier alpha value is -0.160. The van der Waals surface area contributed by atoms with Crippen LogP contribution in [0.1, 0.15) is 33.1 Å².